The molecular weight excluding hydrogens is 392 g/mol. The van der Waals surface area contributed by atoms with Crippen molar-refractivity contribution in [2.75, 3.05) is 40.8 Å². The normalized spacial score (nSPS) is 24.9. The van der Waals surface area contributed by atoms with Crippen LogP contribution in [-0.2, 0) is 11.3 Å². The van der Waals surface area contributed by atoms with Crippen LogP contribution in [0.3, 0.4) is 0 Å². The molecule has 1 fully saturated rings. The van der Waals surface area contributed by atoms with Crippen molar-refractivity contribution in [1.82, 2.24) is 19.7 Å². The van der Waals surface area contributed by atoms with Crippen molar-refractivity contribution >= 4 is 5.91 Å². The molecule has 2 N–H and O–H groups in total. The highest BCUT2D eigenvalue weighted by atomic mass is 16.3. The second kappa shape index (κ2) is 8.94. The van der Waals surface area contributed by atoms with E-state index in [9.17, 15) is 14.7 Å². The van der Waals surface area contributed by atoms with Gasteiger partial charge in [-0.2, -0.15) is 0 Å². The number of aliphatic hydroxyl groups is 1. The molecule has 4 atom stereocenters. The number of likely N-dealkylation sites (N-methyl/N-ethyl adjacent to an activating group) is 1. The van der Waals surface area contributed by atoms with E-state index in [1.165, 1.54) is 0 Å². The van der Waals surface area contributed by atoms with Gasteiger partial charge in [0, 0.05) is 42.9 Å². The highest BCUT2D eigenvalue weighted by molar-refractivity contribution is 5.80. The Morgan fingerprint density at radius 3 is 2.61 bits per heavy atom. The van der Waals surface area contributed by atoms with Crippen LogP contribution in [0.15, 0.2) is 47.3 Å². The second-order valence-corrected chi connectivity index (χ2v) is 8.95. The molecule has 31 heavy (non-hydrogen) atoms. The highest BCUT2D eigenvalue weighted by Gasteiger charge is 2.54. The van der Waals surface area contributed by atoms with Crippen LogP contribution in [-0.4, -0.2) is 72.3 Å². The molecule has 2 bridgehead atoms. The number of aliphatic hydroxyl groups excluding tert-OH is 1. The van der Waals surface area contributed by atoms with Crippen molar-refractivity contribution in [3.05, 3.63) is 58.5 Å². The van der Waals surface area contributed by atoms with E-state index in [1.54, 1.807) is 0 Å². The number of amides is 1. The summed E-state index contributed by atoms with van der Waals surface area (Å²) >= 11 is 0. The summed E-state index contributed by atoms with van der Waals surface area (Å²) in [4.78, 5) is 30.8. The zero-order valence-corrected chi connectivity index (χ0v) is 18.5. The molecule has 166 valence electrons. The first-order valence-electron chi connectivity index (χ1n) is 11.0. The number of carbonyl (C=O) groups is 1. The van der Waals surface area contributed by atoms with Crippen molar-refractivity contribution in [3.8, 4) is 11.1 Å². The second-order valence-electron chi connectivity index (χ2n) is 8.95. The number of rotatable bonds is 7. The van der Waals surface area contributed by atoms with Crippen LogP contribution in [0.2, 0.25) is 0 Å². The summed E-state index contributed by atoms with van der Waals surface area (Å²) < 4.78 is 1.82. The molecule has 3 heterocycles. The van der Waals surface area contributed by atoms with Gasteiger partial charge in [0.1, 0.15) is 0 Å². The molecule has 2 aliphatic rings. The van der Waals surface area contributed by atoms with Crippen LogP contribution in [0.25, 0.3) is 11.1 Å². The van der Waals surface area contributed by atoms with Crippen molar-refractivity contribution in [2.24, 2.45) is 11.8 Å². The van der Waals surface area contributed by atoms with Crippen molar-refractivity contribution < 1.29 is 9.90 Å². The van der Waals surface area contributed by atoms with E-state index in [-0.39, 0.29) is 42.0 Å². The Bertz CT molecular complexity index is 988. The zero-order chi connectivity index (χ0) is 22.1. The summed E-state index contributed by atoms with van der Waals surface area (Å²) in [6, 6.07) is 13.2. The van der Waals surface area contributed by atoms with Gasteiger partial charge < -0.3 is 19.9 Å². The SMILES string of the molecule is CN(C)CCCNC(=O)[C@@H]1[C@@H](CO)[C@@H]2Cn3c(ccc(-c4ccccc4)c3=O)[C@H]1N2C. The number of aromatic nitrogens is 1. The van der Waals surface area contributed by atoms with Crippen molar-refractivity contribution in [3.63, 3.8) is 0 Å². The maximum atomic E-state index is 13.4. The van der Waals surface area contributed by atoms with E-state index in [2.05, 4.69) is 15.1 Å². The van der Waals surface area contributed by atoms with Gasteiger partial charge in [-0.15, -0.1) is 0 Å². The van der Waals surface area contributed by atoms with Crippen molar-refractivity contribution in [2.45, 2.75) is 25.0 Å². The maximum absolute atomic E-state index is 13.4. The van der Waals surface area contributed by atoms with Gasteiger partial charge >= 0.3 is 0 Å². The lowest BCUT2D eigenvalue weighted by molar-refractivity contribution is -0.127. The lowest BCUT2D eigenvalue weighted by Crippen LogP contribution is -2.44. The minimum atomic E-state index is -0.380. The number of carbonyl (C=O) groups excluding carboxylic acids is 1. The number of benzene rings is 1. The molecule has 1 aromatic heterocycles. The molecule has 1 aromatic carbocycles. The Kier molecular flexibility index (Phi) is 6.27. The number of nitrogens with zero attached hydrogens (tertiary/aromatic N) is 3. The molecule has 0 unspecified atom stereocenters. The first kappa shape index (κ1) is 21.7. The predicted molar refractivity (Wildman–Crippen MR) is 121 cm³/mol. The summed E-state index contributed by atoms with van der Waals surface area (Å²) in [5.74, 6) is -0.622. The van der Waals surface area contributed by atoms with Gasteiger partial charge in [0.15, 0.2) is 0 Å². The van der Waals surface area contributed by atoms with Crippen LogP contribution in [0.5, 0.6) is 0 Å². The molecule has 0 aliphatic carbocycles. The summed E-state index contributed by atoms with van der Waals surface area (Å²) in [5, 5.41) is 13.2. The number of nitrogens with one attached hydrogen (secondary N) is 1. The third-order valence-corrected chi connectivity index (χ3v) is 6.82. The molecule has 0 saturated carbocycles. The van der Waals surface area contributed by atoms with Crippen molar-refractivity contribution in [1.29, 1.82) is 0 Å². The van der Waals surface area contributed by atoms with Gasteiger partial charge in [0.05, 0.1) is 12.0 Å². The van der Waals surface area contributed by atoms with Gasteiger partial charge in [-0.25, -0.2) is 0 Å². The molecule has 4 rings (SSSR count). The van der Waals surface area contributed by atoms with E-state index < -0.39 is 0 Å². The van der Waals surface area contributed by atoms with E-state index in [0.717, 1.165) is 24.2 Å². The Morgan fingerprint density at radius 1 is 1.19 bits per heavy atom. The molecule has 2 aliphatic heterocycles. The predicted octanol–water partition coefficient (Wildman–Crippen LogP) is 1.18. The van der Waals surface area contributed by atoms with Gasteiger partial charge in [-0.1, -0.05) is 30.3 Å². The Balaban J connectivity index is 1.65. The van der Waals surface area contributed by atoms with E-state index in [0.29, 0.717) is 18.7 Å². The number of hydrogen-bond donors (Lipinski definition) is 2. The highest BCUT2D eigenvalue weighted by Crippen LogP contribution is 2.47. The summed E-state index contributed by atoms with van der Waals surface area (Å²) in [5.41, 5.74) is 2.38. The topological polar surface area (TPSA) is 77.8 Å². The summed E-state index contributed by atoms with van der Waals surface area (Å²) in [6.07, 6.45) is 0.871. The fraction of sp³-hybridized carbons (Fsp3) is 0.500. The lowest BCUT2D eigenvalue weighted by Gasteiger charge is -2.35. The smallest absolute Gasteiger partial charge is 0.258 e. The summed E-state index contributed by atoms with van der Waals surface area (Å²) in [6.45, 7) is 1.92. The van der Waals surface area contributed by atoms with Crippen LogP contribution in [0.4, 0.5) is 0 Å². The third-order valence-electron chi connectivity index (χ3n) is 6.82. The van der Waals surface area contributed by atoms with Gasteiger partial charge in [-0.05, 0) is 51.8 Å². The first-order chi connectivity index (χ1) is 14.9. The van der Waals surface area contributed by atoms with E-state index in [4.69, 9.17) is 0 Å². The third kappa shape index (κ3) is 3.93. The largest absolute Gasteiger partial charge is 0.396 e. The van der Waals surface area contributed by atoms with Crippen LogP contribution in [0.1, 0.15) is 18.2 Å². The molecule has 2 aromatic rings. The van der Waals surface area contributed by atoms with Gasteiger partial charge in [0.25, 0.3) is 5.56 Å². The zero-order valence-electron chi connectivity index (χ0n) is 18.5. The fourth-order valence-electron chi connectivity index (χ4n) is 5.25. The Morgan fingerprint density at radius 2 is 1.94 bits per heavy atom. The Labute approximate surface area is 183 Å². The molecule has 7 heteroatoms. The quantitative estimate of drug-likeness (QED) is 0.653. The van der Waals surface area contributed by atoms with Crippen LogP contribution >= 0.6 is 0 Å². The van der Waals surface area contributed by atoms with Crippen LogP contribution in [0, 0.1) is 11.8 Å². The molecule has 0 radical (unpaired) electrons. The lowest BCUT2D eigenvalue weighted by atomic mass is 9.86. The molecule has 1 amide bonds. The monoisotopic (exact) mass is 424 g/mol. The number of fused-ring (bicyclic) bond motifs is 4. The summed E-state index contributed by atoms with van der Waals surface area (Å²) in [7, 11) is 6.02. The maximum Gasteiger partial charge on any atom is 0.258 e. The van der Waals surface area contributed by atoms with Gasteiger partial charge in [0.2, 0.25) is 5.91 Å². The first-order valence-corrected chi connectivity index (χ1v) is 11.0. The average molecular weight is 425 g/mol. The number of hydrogen-bond acceptors (Lipinski definition) is 5. The molecule has 1 saturated heterocycles. The minimum Gasteiger partial charge on any atom is -0.396 e. The average Bonchev–Trinajstić information content (AvgIpc) is 2.94. The number of pyridine rings is 1. The molecule has 7 nitrogen and oxygen atoms in total. The fourth-order valence-corrected chi connectivity index (χ4v) is 5.25. The standard InChI is InChI=1S/C24H32N4O3/c1-26(2)13-7-12-25-23(30)21-18(15-29)20-14-28-19(22(21)27(20)3)11-10-17(24(28)31)16-8-5-4-6-9-16/h4-6,8-11,18,20-22,29H,7,12-15H2,1-3H3,(H,25,30)/t18-,20-,21+,22+/m0/s1. The van der Waals surface area contributed by atoms with Crippen LogP contribution < -0.4 is 10.9 Å². The van der Waals surface area contributed by atoms with E-state index >= 15 is 0 Å². The minimum absolute atomic E-state index is 0.0319. The molecular formula is C24H32N4O3. The van der Waals surface area contributed by atoms with E-state index in [1.807, 2.05) is 68.2 Å². The molecule has 0 spiro atoms. The Hall–Kier alpha value is -2.48. The van der Waals surface area contributed by atoms with Gasteiger partial charge in [-0.3, -0.25) is 14.5 Å².